The van der Waals surface area contributed by atoms with E-state index in [2.05, 4.69) is 10.0 Å². The van der Waals surface area contributed by atoms with E-state index in [4.69, 9.17) is 23.2 Å². The number of benzene rings is 1. The van der Waals surface area contributed by atoms with Crippen LogP contribution >= 0.6 is 23.2 Å². The Balaban J connectivity index is 2.25. The quantitative estimate of drug-likeness (QED) is 0.897. The zero-order valence-electron chi connectivity index (χ0n) is 10.5. The van der Waals surface area contributed by atoms with Gasteiger partial charge in [-0.1, -0.05) is 36.2 Å². The third-order valence-electron chi connectivity index (χ3n) is 3.34. The maximum atomic E-state index is 12.3. The summed E-state index contributed by atoms with van der Waals surface area (Å²) in [4.78, 5) is 0.0273. The lowest BCUT2D eigenvalue weighted by Crippen LogP contribution is -2.50. The van der Waals surface area contributed by atoms with Gasteiger partial charge < -0.3 is 5.32 Å². The summed E-state index contributed by atoms with van der Waals surface area (Å²) in [5, 5.41) is 3.48. The van der Waals surface area contributed by atoms with Crippen LogP contribution in [0.25, 0.3) is 0 Å². The summed E-state index contributed by atoms with van der Waals surface area (Å²) in [6.07, 6.45) is 0.941. The third-order valence-corrected chi connectivity index (χ3v) is 5.80. The van der Waals surface area contributed by atoms with Gasteiger partial charge in [-0.15, -0.1) is 0 Å². The molecule has 2 atom stereocenters. The molecule has 1 saturated heterocycles. The Labute approximate surface area is 123 Å². The number of nitrogens with one attached hydrogen (secondary N) is 2. The van der Waals surface area contributed by atoms with E-state index in [9.17, 15) is 8.42 Å². The Morgan fingerprint density at radius 1 is 1.37 bits per heavy atom. The molecular formula is C12H16Cl2N2O2S. The predicted octanol–water partition coefficient (Wildman–Crippen LogP) is 2.27. The van der Waals surface area contributed by atoms with E-state index >= 15 is 0 Å². The fraction of sp³-hybridized carbons (Fsp3) is 0.500. The molecule has 1 aromatic carbocycles. The van der Waals surface area contributed by atoms with Crippen LogP contribution < -0.4 is 10.0 Å². The Hall–Kier alpha value is -0.330. The molecule has 0 radical (unpaired) electrons. The second-order valence-electron chi connectivity index (χ2n) is 4.75. The van der Waals surface area contributed by atoms with Crippen molar-refractivity contribution < 1.29 is 8.42 Å². The van der Waals surface area contributed by atoms with Crippen molar-refractivity contribution >= 4 is 33.2 Å². The molecule has 1 fully saturated rings. The monoisotopic (exact) mass is 322 g/mol. The largest absolute Gasteiger partial charge is 0.315 e. The number of piperidine rings is 1. The Bertz CT molecular complexity index is 563. The van der Waals surface area contributed by atoms with Crippen LogP contribution in [0.5, 0.6) is 0 Å². The average molecular weight is 323 g/mol. The van der Waals surface area contributed by atoms with Crippen molar-refractivity contribution in [2.75, 3.05) is 13.1 Å². The summed E-state index contributed by atoms with van der Waals surface area (Å²) in [5.41, 5.74) is 0. The molecule has 1 aliphatic rings. The minimum atomic E-state index is -3.65. The molecular weight excluding hydrogens is 307 g/mol. The summed E-state index contributed by atoms with van der Waals surface area (Å²) in [6.45, 7) is 3.57. The molecule has 1 aliphatic heterocycles. The van der Waals surface area contributed by atoms with Gasteiger partial charge >= 0.3 is 0 Å². The predicted molar refractivity (Wildman–Crippen MR) is 77.2 cm³/mol. The molecule has 19 heavy (non-hydrogen) atoms. The first-order valence-electron chi connectivity index (χ1n) is 6.09. The molecule has 4 nitrogen and oxygen atoms in total. The molecule has 0 bridgehead atoms. The van der Waals surface area contributed by atoms with Crippen LogP contribution in [0, 0.1) is 5.92 Å². The zero-order valence-corrected chi connectivity index (χ0v) is 12.8. The first kappa shape index (κ1) is 15.1. The Morgan fingerprint density at radius 2 is 2.11 bits per heavy atom. The third kappa shape index (κ3) is 3.41. The minimum Gasteiger partial charge on any atom is -0.315 e. The van der Waals surface area contributed by atoms with Gasteiger partial charge in [-0.05, 0) is 31.0 Å². The van der Waals surface area contributed by atoms with E-state index in [0.29, 0.717) is 6.54 Å². The van der Waals surface area contributed by atoms with Crippen LogP contribution in [0.4, 0.5) is 0 Å². The van der Waals surface area contributed by atoms with E-state index in [1.807, 2.05) is 6.92 Å². The van der Waals surface area contributed by atoms with Gasteiger partial charge in [0.05, 0.1) is 10.0 Å². The van der Waals surface area contributed by atoms with E-state index in [1.165, 1.54) is 6.07 Å². The van der Waals surface area contributed by atoms with Gasteiger partial charge in [0, 0.05) is 12.6 Å². The minimum absolute atomic E-state index is 0.0273. The van der Waals surface area contributed by atoms with Crippen molar-refractivity contribution in [3.05, 3.63) is 28.2 Å². The molecule has 0 amide bonds. The fourth-order valence-corrected chi connectivity index (χ4v) is 4.21. The van der Waals surface area contributed by atoms with Crippen LogP contribution in [0.3, 0.4) is 0 Å². The highest BCUT2D eigenvalue weighted by molar-refractivity contribution is 7.89. The zero-order chi connectivity index (χ0) is 14.0. The van der Waals surface area contributed by atoms with Gasteiger partial charge in [-0.3, -0.25) is 0 Å². The standard InChI is InChI=1S/C12H16Cl2N2O2S/c1-8-5-6-15-7-10(8)16-19(17,18)11-4-2-3-9(13)12(11)14/h2-4,8,10,15-16H,5-7H2,1H3. The number of sulfonamides is 1. The first-order valence-corrected chi connectivity index (χ1v) is 8.33. The van der Waals surface area contributed by atoms with Crippen molar-refractivity contribution in [3.63, 3.8) is 0 Å². The Morgan fingerprint density at radius 3 is 2.79 bits per heavy atom. The van der Waals surface area contributed by atoms with Crippen molar-refractivity contribution in [1.29, 1.82) is 0 Å². The van der Waals surface area contributed by atoms with E-state index in [-0.39, 0.29) is 26.9 Å². The lowest BCUT2D eigenvalue weighted by atomic mass is 9.96. The molecule has 7 heteroatoms. The average Bonchev–Trinajstić information content (AvgIpc) is 2.35. The van der Waals surface area contributed by atoms with Gasteiger partial charge in [-0.25, -0.2) is 13.1 Å². The molecule has 2 unspecified atom stereocenters. The van der Waals surface area contributed by atoms with Gasteiger partial charge in [0.1, 0.15) is 4.90 Å². The van der Waals surface area contributed by atoms with Crippen molar-refractivity contribution in [3.8, 4) is 0 Å². The molecule has 0 aliphatic carbocycles. The smallest absolute Gasteiger partial charge is 0.242 e. The topological polar surface area (TPSA) is 58.2 Å². The molecule has 1 aromatic rings. The molecule has 1 heterocycles. The summed E-state index contributed by atoms with van der Waals surface area (Å²) < 4.78 is 27.4. The van der Waals surface area contributed by atoms with Crippen molar-refractivity contribution in [2.24, 2.45) is 5.92 Å². The maximum Gasteiger partial charge on any atom is 0.242 e. The second-order valence-corrected chi connectivity index (χ2v) is 7.22. The summed E-state index contributed by atoms with van der Waals surface area (Å²) in [6, 6.07) is 4.46. The first-order chi connectivity index (χ1) is 8.92. The van der Waals surface area contributed by atoms with Crippen molar-refractivity contribution in [1.82, 2.24) is 10.0 Å². The second kappa shape index (κ2) is 5.97. The molecule has 106 valence electrons. The number of hydrogen-bond acceptors (Lipinski definition) is 3. The summed E-state index contributed by atoms with van der Waals surface area (Å²) in [7, 11) is -3.65. The van der Waals surface area contributed by atoms with Crippen LogP contribution in [0.15, 0.2) is 23.1 Å². The molecule has 0 saturated carbocycles. The fourth-order valence-electron chi connectivity index (χ4n) is 2.10. The molecule has 0 aromatic heterocycles. The highest BCUT2D eigenvalue weighted by Gasteiger charge is 2.28. The molecule has 2 N–H and O–H groups in total. The van der Waals surface area contributed by atoms with Crippen LogP contribution in [-0.4, -0.2) is 27.5 Å². The Kier molecular flexibility index (Phi) is 4.74. The summed E-state index contributed by atoms with van der Waals surface area (Å²) >= 11 is 11.8. The summed E-state index contributed by atoms with van der Waals surface area (Å²) in [5.74, 6) is 0.286. The molecule has 2 rings (SSSR count). The van der Waals surface area contributed by atoms with Crippen LogP contribution in [0.1, 0.15) is 13.3 Å². The lowest BCUT2D eigenvalue weighted by molar-refractivity contribution is 0.327. The van der Waals surface area contributed by atoms with Gasteiger partial charge in [0.25, 0.3) is 0 Å². The number of hydrogen-bond donors (Lipinski definition) is 2. The van der Waals surface area contributed by atoms with E-state index < -0.39 is 10.0 Å². The van der Waals surface area contributed by atoms with Crippen LogP contribution in [0.2, 0.25) is 10.0 Å². The van der Waals surface area contributed by atoms with Crippen LogP contribution in [-0.2, 0) is 10.0 Å². The highest BCUT2D eigenvalue weighted by atomic mass is 35.5. The number of rotatable bonds is 3. The maximum absolute atomic E-state index is 12.3. The SMILES string of the molecule is CC1CCNCC1NS(=O)(=O)c1cccc(Cl)c1Cl. The lowest BCUT2D eigenvalue weighted by Gasteiger charge is -2.30. The highest BCUT2D eigenvalue weighted by Crippen LogP contribution is 2.29. The van der Waals surface area contributed by atoms with Gasteiger partial charge in [0.15, 0.2) is 0 Å². The van der Waals surface area contributed by atoms with Gasteiger partial charge in [-0.2, -0.15) is 0 Å². The van der Waals surface area contributed by atoms with E-state index in [1.54, 1.807) is 12.1 Å². The normalized spacial score (nSPS) is 24.4. The molecule has 0 spiro atoms. The van der Waals surface area contributed by atoms with Gasteiger partial charge in [0.2, 0.25) is 10.0 Å². The number of halogens is 2. The van der Waals surface area contributed by atoms with Crippen molar-refractivity contribution in [2.45, 2.75) is 24.3 Å². The van der Waals surface area contributed by atoms with E-state index in [0.717, 1.165) is 13.0 Å².